The lowest BCUT2D eigenvalue weighted by Crippen LogP contribution is -2.24. The molecule has 0 saturated carbocycles. The van der Waals surface area contributed by atoms with Crippen LogP contribution in [-0.2, 0) is 24.2 Å². The molecule has 0 atom stereocenters. The maximum Gasteiger partial charge on any atom is 0.226 e. The van der Waals surface area contributed by atoms with Gasteiger partial charge in [-0.25, -0.2) is 0 Å². The van der Waals surface area contributed by atoms with Crippen LogP contribution in [0.25, 0.3) is 0 Å². The van der Waals surface area contributed by atoms with Gasteiger partial charge in [-0.3, -0.25) is 4.79 Å². The average molecular weight is 384 g/mol. The molecule has 1 amide bonds. The number of benzene rings is 1. The van der Waals surface area contributed by atoms with Crippen molar-refractivity contribution in [3.05, 3.63) is 45.3 Å². The van der Waals surface area contributed by atoms with Crippen molar-refractivity contribution >= 4 is 22.2 Å². The monoisotopic (exact) mass is 383 g/mol. The van der Waals surface area contributed by atoms with Crippen LogP contribution in [-0.4, -0.2) is 31.5 Å². The molecular weight excluding hydrogens is 358 g/mol. The van der Waals surface area contributed by atoms with Gasteiger partial charge in [-0.15, -0.1) is 11.3 Å². The highest BCUT2D eigenvalue weighted by atomic mass is 32.1. The number of hydrogen-bond donors (Lipinski definition) is 1. The third-order valence-corrected chi connectivity index (χ3v) is 6.09. The van der Waals surface area contributed by atoms with Crippen LogP contribution >= 0.6 is 11.3 Å². The van der Waals surface area contributed by atoms with Gasteiger partial charge in [0.25, 0.3) is 0 Å². The van der Waals surface area contributed by atoms with E-state index in [9.17, 15) is 10.1 Å². The Bertz CT molecular complexity index is 882. The highest BCUT2D eigenvalue weighted by molar-refractivity contribution is 7.16. The third kappa shape index (κ3) is 4.49. The van der Waals surface area contributed by atoms with Crippen molar-refractivity contribution in [2.75, 3.05) is 26.0 Å². The van der Waals surface area contributed by atoms with E-state index in [1.165, 1.54) is 10.4 Å². The number of ether oxygens (including phenoxy) is 1. The number of rotatable bonds is 7. The number of carbonyl (C=O) groups excluding carboxylic acids is 1. The Morgan fingerprint density at radius 1 is 1.41 bits per heavy atom. The second-order valence-corrected chi connectivity index (χ2v) is 8.13. The standard InChI is InChI=1S/C21H25N3O2S/c1-14-7-8-18(26-3)15(11-14)13-24(2)10-9-20(25)23-21-17(12-22)16-5-4-6-19(16)27-21/h7-8,11H,4-6,9-10,13H2,1-3H3,(H,23,25). The van der Waals surface area contributed by atoms with E-state index >= 15 is 0 Å². The summed E-state index contributed by atoms with van der Waals surface area (Å²) >= 11 is 1.56. The minimum atomic E-state index is -0.0468. The van der Waals surface area contributed by atoms with Gasteiger partial charge in [-0.05, 0) is 44.9 Å². The summed E-state index contributed by atoms with van der Waals surface area (Å²) in [4.78, 5) is 15.7. The van der Waals surface area contributed by atoms with E-state index in [2.05, 4.69) is 29.3 Å². The molecule has 0 bridgehead atoms. The maximum absolute atomic E-state index is 12.4. The van der Waals surface area contributed by atoms with Crippen LogP contribution in [0, 0.1) is 18.3 Å². The third-order valence-electron chi connectivity index (χ3n) is 4.88. The van der Waals surface area contributed by atoms with Crippen LogP contribution in [0.3, 0.4) is 0 Å². The fourth-order valence-corrected chi connectivity index (χ4v) is 4.75. The Morgan fingerprint density at radius 2 is 2.22 bits per heavy atom. The molecule has 142 valence electrons. The molecule has 1 N–H and O–H groups in total. The molecule has 3 rings (SSSR count). The summed E-state index contributed by atoms with van der Waals surface area (Å²) in [5, 5.41) is 13.1. The number of hydrogen-bond acceptors (Lipinski definition) is 5. The summed E-state index contributed by atoms with van der Waals surface area (Å²) in [7, 11) is 3.67. The topological polar surface area (TPSA) is 65.4 Å². The van der Waals surface area contributed by atoms with E-state index < -0.39 is 0 Å². The summed E-state index contributed by atoms with van der Waals surface area (Å²) in [6.45, 7) is 3.41. The molecule has 2 aromatic rings. The Kier molecular flexibility index (Phi) is 6.15. The molecule has 6 heteroatoms. The largest absolute Gasteiger partial charge is 0.496 e. The fourth-order valence-electron chi connectivity index (χ4n) is 3.49. The number of methoxy groups -OCH3 is 1. The number of carbonyl (C=O) groups is 1. The highest BCUT2D eigenvalue weighted by Crippen LogP contribution is 2.38. The Balaban J connectivity index is 1.55. The lowest BCUT2D eigenvalue weighted by Gasteiger charge is -2.18. The normalized spacial score (nSPS) is 12.7. The first kappa shape index (κ1) is 19.4. The van der Waals surface area contributed by atoms with Crippen LogP contribution in [0.5, 0.6) is 5.75 Å². The molecule has 0 radical (unpaired) electrons. The molecule has 0 saturated heterocycles. The van der Waals surface area contributed by atoms with Crippen molar-refractivity contribution in [1.29, 1.82) is 5.26 Å². The molecule has 0 unspecified atom stereocenters. The van der Waals surface area contributed by atoms with Crippen LogP contribution in [0.15, 0.2) is 18.2 Å². The highest BCUT2D eigenvalue weighted by Gasteiger charge is 2.23. The summed E-state index contributed by atoms with van der Waals surface area (Å²) in [6.07, 6.45) is 3.46. The first-order chi connectivity index (χ1) is 13.0. The molecule has 0 aliphatic heterocycles. The van der Waals surface area contributed by atoms with Crippen molar-refractivity contribution in [2.24, 2.45) is 0 Å². The minimum Gasteiger partial charge on any atom is -0.496 e. The van der Waals surface area contributed by atoms with Crippen molar-refractivity contribution in [1.82, 2.24) is 4.90 Å². The van der Waals surface area contributed by atoms with Crippen LogP contribution < -0.4 is 10.1 Å². The quantitative estimate of drug-likeness (QED) is 0.788. The van der Waals surface area contributed by atoms with Gasteiger partial charge >= 0.3 is 0 Å². The molecule has 1 aliphatic carbocycles. The fraction of sp³-hybridized carbons (Fsp3) is 0.429. The molecule has 1 heterocycles. The number of amides is 1. The van der Waals surface area contributed by atoms with Gasteiger partial charge in [0.2, 0.25) is 5.91 Å². The van der Waals surface area contributed by atoms with E-state index in [4.69, 9.17) is 4.74 Å². The predicted octanol–water partition coefficient (Wildman–Crippen LogP) is 3.89. The molecule has 1 aromatic carbocycles. The van der Waals surface area contributed by atoms with E-state index in [0.717, 1.165) is 47.7 Å². The summed E-state index contributed by atoms with van der Waals surface area (Å²) in [5.74, 6) is 0.818. The van der Waals surface area contributed by atoms with Crippen molar-refractivity contribution in [3.63, 3.8) is 0 Å². The SMILES string of the molecule is COc1ccc(C)cc1CN(C)CCC(=O)Nc1sc2c(c1C#N)CCC2. The second-order valence-electron chi connectivity index (χ2n) is 7.02. The average Bonchev–Trinajstić information content (AvgIpc) is 3.20. The smallest absolute Gasteiger partial charge is 0.226 e. The first-order valence-electron chi connectivity index (χ1n) is 9.18. The number of thiophene rings is 1. The van der Waals surface area contributed by atoms with Crippen molar-refractivity contribution in [3.8, 4) is 11.8 Å². The molecule has 5 nitrogen and oxygen atoms in total. The first-order valence-corrected chi connectivity index (χ1v) is 10.00. The zero-order valence-corrected chi connectivity index (χ0v) is 16.9. The summed E-state index contributed by atoms with van der Waals surface area (Å²) < 4.78 is 5.43. The number of anilines is 1. The Labute approximate surface area is 164 Å². The van der Waals surface area contributed by atoms with E-state index in [-0.39, 0.29) is 5.91 Å². The van der Waals surface area contributed by atoms with Gasteiger partial charge in [0.05, 0.1) is 12.7 Å². The van der Waals surface area contributed by atoms with Crippen molar-refractivity contribution < 1.29 is 9.53 Å². The second kappa shape index (κ2) is 8.55. The van der Waals surface area contributed by atoms with Crippen molar-refractivity contribution in [2.45, 2.75) is 39.2 Å². The number of nitrogens with zero attached hydrogens (tertiary/aromatic N) is 2. The maximum atomic E-state index is 12.4. The van der Waals surface area contributed by atoms with Crippen LogP contribution in [0.4, 0.5) is 5.00 Å². The molecule has 27 heavy (non-hydrogen) atoms. The predicted molar refractivity (Wildman–Crippen MR) is 108 cm³/mol. The van der Waals surface area contributed by atoms with Gasteiger partial charge in [0.15, 0.2) is 0 Å². The van der Waals surface area contributed by atoms with Crippen LogP contribution in [0.1, 0.15) is 40.0 Å². The molecule has 0 spiro atoms. The van der Waals surface area contributed by atoms with Gasteiger partial charge in [-0.1, -0.05) is 17.7 Å². The Hall–Kier alpha value is -2.36. The lowest BCUT2D eigenvalue weighted by molar-refractivity contribution is -0.116. The number of nitrogens with one attached hydrogen (secondary N) is 1. The van der Waals surface area contributed by atoms with E-state index in [1.54, 1.807) is 18.4 Å². The van der Waals surface area contributed by atoms with Gasteiger partial charge in [0.1, 0.15) is 16.8 Å². The molecular formula is C21H25N3O2S. The van der Waals surface area contributed by atoms with E-state index in [0.29, 0.717) is 18.5 Å². The van der Waals surface area contributed by atoms with E-state index in [1.807, 2.05) is 19.2 Å². The van der Waals surface area contributed by atoms with Gasteiger partial charge < -0.3 is 15.0 Å². The summed E-state index contributed by atoms with van der Waals surface area (Å²) in [6, 6.07) is 8.39. The summed E-state index contributed by atoms with van der Waals surface area (Å²) in [5.41, 5.74) is 4.11. The molecule has 1 aliphatic rings. The Morgan fingerprint density at radius 3 is 2.96 bits per heavy atom. The number of nitriles is 1. The van der Waals surface area contributed by atoms with Gasteiger partial charge in [-0.2, -0.15) is 5.26 Å². The van der Waals surface area contributed by atoms with Gasteiger partial charge in [0, 0.05) is 30.0 Å². The molecule has 1 aromatic heterocycles. The minimum absolute atomic E-state index is 0.0468. The number of fused-ring (bicyclic) bond motifs is 1. The zero-order chi connectivity index (χ0) is 19.4. The number of aryl methyl sites for hydroxylation is 2. The molecule has 0 fully saturated rings. The van der Waals surface area contributed by atoms with Crippen LogP contribution in [0.2, 0.25) is 0 Å². The zero-order valence-electron chi connectivity index (χ0n) is 16.1. The lowest BCUT2D eigenvalue weighted by atomic mass is 10.1.